The van der Waals surface area contributed by atoms with Gasteiger partial charge in [-0.1, -0.05) is 19.9 Å². The van der Waals surface area contributed by atoms with Gasteiger partial charge in [-0.15, -0.1) is 0 Å². The molecule has 1 amide bonds. The van der Waals surface area contributed by atoms with E-state index in [-0.39, 0.29) is 17.4 Å². The van der Waals surface area contributed by atoms with Gasteiger partial charge >= 0.3 is 0 Å². The number of benzene rings is 2. The van der Waals surface area contributed by atoms with Gasteiger partial charge in [-0.25, -0.2) is 8.42 Å². The molecule has 8 heteroatoms. The minimum absolute atomic E-state index is 0.0871. The van der Waals surface area contributed by atoms with E-state index < -0.39 is 10.0 Å². The van der Waals surface area contributed by atoms with Crippen LogP contribution in [0.15, 0.2) is 53.4 Å². The molecule has 0 heterocycles. The Labute approximate surface area is 166 Å². The highest BCUT2D eigenvalue weighted by Crippen LogP contribution is 2.22. The number of hydrogen-bond donors (Lipinski definition) is 2. The third kappa shape index (κ3) is 6.77. The molecule has 0 aliphatic carbocycles. The van der Waals surface area contributed by atoms with E-state index in [0.29, 0.717) is 29.6 Å². The van der Waals surface area contributed by atoms with Crippen molar-refractivity contribution < 1.29 is 22.7 Å². The lowest BCUT2D eigenvalue weighted by atomic mass is 10.1. The molecule has 0 fully saturated rings. The first-order valence-corrected chi connectivity index (χ1v) is 10.4. The smallest absolute Gasteiger partial charge is 0.261 e. The fourth-order valence-corrected chi connectivity index (χ4v) is 3.37. The molecule has 0 spiro atoms. The average molecular weight is 407 g/mol. The molecule has 2 N–H and O–H groups in total. The van der Waals surface area contributed by atoms with Gasteiger partial charge in [0.2, 0.25) is 0 Å². The molecule has 0 radical (unpaired) electrons. The van der Waals surface area contributed by atoms with Crippen LogP contribution in [0.2, 0.25) is 0 Å². The van der Waals surface area contributed by atoms with Crippen LogP contribution in [0.25, 0.3) is 0 Å². The number of methoxy groups -OCH3 is 1. The lowest BCUT2D eigenvalue weighted by Crippen LogP contribution is -2.30. The van der Waals surface area contributed by atoms with Crippen molar-refractivity contribution in [3.8, 4) is 11.5 Å². The first-order chi connectivity index (χ1) is 13.3. The van der Waals surface area contributed by atoms with Gasteiger partial charge in [-0.05, 0) is 48.7 Å². The maximum absolute atomic E-state index is 12.5. The summed E-state index contributed by atoms with van der Waals surface area (Å²) in [7, 11) is -2.24. The Morgan fingerprint density at radius 1 is 1.07 bits per heavy atom. The highest BCUT2D eigenvalue weighted by atomic mass is 32.2. The quantitative estimate of drug-likeness (QED) is 0.633. The second-order valence-electron chi connectivity index (χ2n) is 6.63. The largest absolute Gasteiger partial charge is 0.497 e. The van der Waals surface area contributed by atoms with E-state index in [1.165, 1.54) is 31.4 Å². The summed E-state index contributed by atoms with van der Waals surface area (Å²) in [5, 5.41) is 2.78. The standard InChI is InChI=1S/C20H26N2O5S/c1-15(2)11-12-21-20(23)14-27-17-7-9-19(10-8-17)28(24,25)22-16-5-4-6-18(13-16)26-3/h4-10,13,15,22H,11-12,14H2,1-3H3,(H,21,23). The van der Waals surface area contributed by atoms with Gasteiger partial charge in [-0.3, -0.25) is 9.52 Å². The number of carbonyl (C=O) groups is 1. The average Bonchev–Trinajstić information content (AvgIpc) is 2.66. The molecule has 0 saturated carbocycles. The molecule has 2 rings (SSSR count). The summed E-state index contributed by atoms with van der Waals surface area (Å²) in [4.78, 5) is 11.8. The highest BCUT2D eigenvalue weighted by molar-refractivity contribution is 7.92. The number of carbonyl (C=O) groups excluding carboxylic acids is 1. The van der Waals surface area contributed by atoms with Gasteiger partial charge in [-0.2, -0.15) is 0 Å². The predicted octanol–water partition coefficient (Wildman–Crippen LogP) is 3.04. The fraction of sp³-hybridized carbons (Fsp3) is 0.350. The van der Waals surface area contributed by atoms with Crippen LogP contribution in [0.5, 0.6) is 11.5 Å². The zero-order valence-corrected chi connectivity index (χ0v) is 17.1. The Kier molecular flexibility index (Phi) is 7.69. The number of sulfonamides is 1. The van der Waals surface area contributed by atoms with Crippen molar-refractivity contribution in [3.05, 3.63) is 48.5 Å². The molecule has 0 aromatic heterocycles. The van der Waals surface area contributed by atoms with Gasteiger partial charge in [0.05, 0.1) is 17.7 Å². The minimum Gasteiger partial charge on any atom is -0.497 e. The van der Waals surface area contributed by atoms with E-state index >= 15 is 0 Å². The molecule has 152 valence electrons. The van der Waals surface area contributed by atoms with Crippen molar-refractivity contribution in [2.45, 2.75) is 25.2 Å². The van der Waals surface area contributed by atoms with Crippen LogP contribution in [0.4, 0.5) is 5.69 Å². The molecule has 2 aromatic rings. The van der Waals surface area contributed by atoms with Crippen LogP contribution >= 0.6 is 0 Å². The van der Waals surface area contributed by atoms with Crippen LogP contribution in [-0.4, -0.2) is 34.6 Å². The molecule has 0 aliphatic rings. The van der Waals surface area contributed by atoms with Gasteiger partial charge in [0.25, 0.3) is 15.9 Å². The van der Waals surface area contributed by atoms with Crippen molar-refractivity contribution in [1.82, 2.24) is 5.32 Å². The van der Waals surface area contributed by atoms with E-state index in [0.717, 1.165) is 6.42 Å². The number of nitrogens with one attached hydrogen (secondary N) is 2. The molecule has 7 nitrogen and oxygen atoms in total. The molecule has 28 heavy (non-hydrogen) atoms. The highest BCUT2D eigenvalue weighted by Gasteiger charge is 2.15. The van der Waals surface area contributed by atoms with Crippen LogP contribution in [0.3, 0.4) is 0 Å². The molecule has 0 aliphatic heterocycles. The number of anilines is 1. The summed E-state index contributed by atoms with van der Waals surface area (Å²) in [6.07, 6.45) is 0.901. The second kappa shape index (κ2) is 9.98. The number of amides is 1. The monoisotopic (exact) mass is 406 g/mol. The number of rotatable bonds is 10. The summed E-state index contributed by atoms with van der Waals surface area (Å²) in [5.74, 6) is 1.27. The Morgan fingerprint density at radius 3 is 2.43 bits per heavy atom. The fourth-order valence-electron chi connectivity index (χ4n) is 2.32. The molecule has 0 atom stereocenters. The predicted molar refractivity (Wildman–Crippen MR) is 108 cm³/mol. The Hall–Kier alpha value is -2.74. The van der Waals surface area contributed by atoms with Crippen LogP contribution < -0.4 is 19.5 Å². The lowest BCUT2D eigenvalue weighted by Gasteiger charge is -2.11. The van der Waals surface area contributed by atoms with Gasteiger partial charge in [0.15, 0.2) is 6.61 Å². The van der Waals surface area contributed by atoms with Crippen molar-refractivity contribution in [2.24, 2.45) is 5.92 Å². The number of hydrogen-bond acceptors (Lipinski definition) is 5. The summed E-state index contributed by atoms with van der Waals surface area (Å²) in [6, 6.07) is 12.5. The van der Waals surface area contributed by atoms with Crippen molar-refractivity contribution in [1.29, 1.82) is 0 Å². The van der Waals surface area contributed by atoms with Gasteiger partial charge in [0, 0.05) is 12.6 Å². The first kappa shape index (κ1) is 21.6. The van der Waals surface area contributed by atoms with Crippen LogP contribution in [-0.2, 0) is 14.8 Å². The van der Waals surface area contributed by atoms with E-state index in [9.17, 15) is 13.2 Å². The van der Waals surface area contributed by atoms with Crippen molar-refractivity contribution >= 4 is 21.6 Å². The van der Waals surface area contributed by atoms with Gasteiger partial charge in [0.1, 0.15) is 11.5 Å². The summed E-state index contributed by atoms with van der Waals surface area (Å²) in [6.45, 7) is 4.65. The first-order valence-electron chi connectivity index (χ1n) is 8.96. The van der Waals surface area contributed by atoms with Crippen LogP contribution in [0, 0.1) is 5.92 Å². The van der Waals surface area contributed by atoms with Crippen molar-refractivity contribution in [2.75, 3.05) is 25.0 Å². The topological polar surface area (TPSA) is 93.7 Å². The SMILES string of the molecule is COc1cccc(NS(=O)(=O)c2ccc(OCC(=O)NCCC(C)C)cc2)c1. The molecule has 2 aromatic carbocycles. The minimum atomic E-state index is -3.75. The molecule has 0 saturated heterocycles. The Bertz CT molecular complexity index is 880. The van der Waals surface area contributed by atoms with Crippen molar-refractivity contribution in [3.63, 3.8) is 0 Å². The van der Waals surface area contributed by atoms with Gasteiger partial charge < -0.3 is 14.8 Å². The zero-order chi connectivity index (χ0) is 20.6. The molecular formula is C20H26N2O5S. The van der Waals surface area contributed by atoms with Crippen LogP contribution in [0.1, 0.15) is 20.3 Å². The second-order valence-corrected chi connectivity index (χ2v) is 8.31. The normalized spacial score (nSPS) is 11.1. The van der Waals surface area contributed by atoms with E-state index in [4.69, 9.17) is 9.47 Å². The molecule has 0 unspecified atom stereocenters. The Balaban J connectivity index is 1.92. The molecular weight excluding hydrogens is 380 g/mol. The molecule has 0 bridgehead atoms. The third-order valence-electron chi connectivity index (χ3n) is 3.87. The zero-order valence-electron chi connectivity index (χ0n) is 16.3. The summed E-state index contributed by atoms with van der Waals surface area (Å²) >= 11 is 0. The maximum atomic E-state index is 12.5. The summed E-state index contributed by atoms with van der Waals surface area (Å²) < 4.78 is 38.0. The van der Waals surface area contributed by atoms with E-state index in [1.807, 2.05) is 0 Å². The number of ether oxygens (including phenoxy) is 2. The van der Waals surface area contributed by atoms with E-state index in [2.05, 4.69) is 23.9 Å². The Morgan fingerprint density at radius 2 is 1.79 bits per heavy atom. The lowest BCUT2D eigenvalue weighted by molar-refractivity contribution is -0.123. The maximum Gasteiger partial charge on any atom is 0.261 e. The summed E-state index contributed by atoms with van der Waals surface area (Å²) in [5.41, 5.74) is 0.401. The third-order valence-corrected chi connectivity index (χ3v) is 5.27. The van der Waals surface area contributed by atoms with E-state index in [1.54, 1.807) is 24.3 Å².